The molecule has 4 heterocycles. The number of nitrogens with zero attached hydrogens (tertiary/aromatic N) is 3. The minimum Gasteiger partial charge on any atom is -0.477 e. The normalized spacial score (nSPS) is 24.7. The molecule has 1 aromatic carbocycles. The van der Waals surface area contributed by atoms with Gasteiger partial charge >= 0.3 is 5.97 Å². The number of thioether (sulfide) groups is 1. The molecule has 2 unspecified atom stereocenters. The molecule has 5 rings (SSSR count). The van der Waals surface area contributed by atoms with Crippen LogP contribution in [0.5, 0.6) is 0 Å². The summed E-state index contributed by atoms with van der Waals surface area (Å²) in [7, 11) is 0. The van der Waals surface area contributed by atoms with Gasteiger partial charge in [0.1, 0.15) is 17.7 Å². The van der Waals surface area contributed by atoms with Gasteiger partial charge in [-0.2, -0.15) is 4.98 Å². The number of nitrogens with one attached hydrogen (secondary N) is 1. The second-order valence-corrected chi connectivity index (χ2v) is 10.4. The first-order valence-electron chi connectivity index (χ1n) is 11.4. The van der Waals surface area contributed by atoms with E-state index in [1.54, 1.807) is 31.2 Å². The molecule has 2 aromatic rings. The number of β-lactam (4-membered cyclic amide) rings is 1. The molecule has 35 heavy (non-hydrogen) atoms. The Hall–Kier alpha value is -3.31. The van der Waals surface area contributed by atoms with Gasteiger partial charge < -0.3 is 29.7 Å². The van der Waals surface area contributed by atoms with Crippen LogP contribution >= 0.6 is 11.8 Å². The lowest BCUT2D eigenvalue weighted by molar-refractivity contribution is -0.163. The zero-order valence-corrected chi connectivity index (χ0v) is 20.1. The van der Waals surface area contributed by atoms with Crippen LogP contribution in [0.1, 0.15) is 29.9 Å². The van der Waals surface area contributed by atoms with Crippen molar-refractivity contribution in [1.82, 2.24) is 15.2 Å². The van der Waals surface area contributed by atoms with E-state index in [9.17, 15) is 24.6 Å². The van der Waals surface area contributed by atoms with Gasteiger partial charge in [0, 0.05) is 34.7 Å². The quantitative estimate of drug-likeness (QED) is 0.464. The molecule has 2 saturated heterocycles. The van der Waals surface area contributed by atoms with Crippen LogP contribution in [0.15, 0.2) is 51.6 Å². The molecule has 184 valence electrons. The third-order valence-electron chi connectivity index (χ3n) is 6.73. The number of aromatic nitrogens is 1. The summed E-state index contributed by atoms with van der Waals surface area (Å²) < 4.78 is 5.57. The molecule has 10 nitrogen and oxygen atoms in total. The summed E-state index contributed by atoms with van der Waals surface area (Å²) in [4.78, 5) is 45.0. The fourth-order valence-corrected chi connectivity index (χ4v) is 6.43. The Morgan fingerprint density at radius 3 is 2.66 bits per heavy atom. The minimum absolute atomic E-state index is 0.0421. The maximum Gasteiger partial charge on any atom is 0.353 e. The van der Waals surface area contributed by atoms with Crippen LogP contribution < -0.4 is 10.2 Å². The highest BCUT2D eigenvalue weighted by Crippen LogP contribution is 2.52. The predicted molar refractivity (Wildman–Crippen MR) is 127 cm³/mol. The molecule has 1 aromatic heterocycles. The predicted octanol–water partition coefficient (Wildman–Crippen LogP) is 1.68. The van der Waals surface area contributed by atoms with Crippen molar-refractivity contribution in [2.45, 2.75) is 37.8 Å². The number of carboxylic acids is 1. The molecule has 0 bridgehead atoms. The van der Waals surface area contributed by atoms with Crippen molar-refractivity contribution in [2.75, 3.05) is 18.0 Å². The number of carboxylic acid groups (broad SMARTS) is 1. The van der Waals surface area contributed by atoms with Crippen molar-refractivity contribution in [3.05, 3.63) is 58.5 Å². The Balaban J connectivity index is 1.17. The van der Waals surface area contributed by atoms with Gasteiger partial charge in [0.25, 0.3) is 11.9 Å². The molecular formula is C24H26N4O6S. The van der Waals surface area contributed by atoms with E-state index in [0.29, 0.717) is 35.3 Å². The summed E-state index contributed by atoms with van der Waals surface area (Å²) in [5.74, 6) is -2.36. The number of carbonyl (C=O) groups is 3. The van der Waals surface area contributed by atoms with Crippen LogP contribution in [-0.2, 0) is 16.1 Å². The molecule has 3 N–H and O–H groups in total. The number of amides is 2. The van der Waals surface area contributed by atoms with Crippen molar-refractivity contribution in [1.29, 1.82) is 0 Å². The number of anilines is 1. The standard InChI is InChI=1S/C24H26N4O6S/c1-12-18-17(13(2)29)22(31)28(18)19(23(32)33)20(12)35-16-9-27(10-16)24-26-15(11-34-24)8-25-21(30)14-6-4-3-5-7-14/h3-7,11-13,16-18,29H,8-10H2,1-2H3,(H,25,30)(H,32,33)/t12-,13-,17?,18?/m1/s1. The summed E-state index contributed by atoms with van der Waals surface area (Å²) in [6.45, 7) is 4.95. The van der Waals surface area contributed by atoms with Gasteiger partial charge in [0.15, 0.2) is 0 Å². The summed E-state index contributed by atoms with van der Waals surface area (Å²) in [6, 6.07) is 9.06. The largest absolute Gasteiger partial charge is 0.477 e. The van der Waals surface area contributed by atoms with Crippen LogP contribution in [0.2, 0.25) is 0 Å². The molecule has 3 aliphatic rings. The average Bonchev–Trinajstić information content (AvgIpc) is 3.35. The van der Waals surface area contributed by atoms with E-state index in [1.165, 1.54) is 22.9 Å². The third kappa shape index (κ3) is 4.08. The highest BCUT2D eigenvalue weighted by atomic mass is 32.2. The van der Waals surface area contributed by atoms with Crippen molar-refractivity contribution in [3.63, 3.8) is 0 Å². The van der Waals surface area contributed by atoms with E-state index in [0.717, 1.165) is 0 Å². The van der Waals surface area contributed by atoms with E-state index in [4.69, 9.17) is 4.42 Å². The maximum atomic E-state index is 12.5. The summed E-state index contributed by atoms with van der Waals surface area (Å²) in [5.41, 5.74) is 1.22. The lowest BCUT2D eigenvalue weighted by Crippen LogP contribution is -2.63. The number of hydrogen-bond acceptors (Lipinski definition) is 8. The molecular weight excluding hydrogens is 472 g/mol. The number of carbonyl (C=O) groups excluding carboxylic acids is 2. The van der Waals surface area contributed by atoms with Crippen molar-refractivity contribution >= 4 is 35.6 Å². The first kappa shape index (κ1) is 23.4. The number of fused-ring (bicyclic) bond motifs is 1. The SMILES string of the molecule is C[C@@H](O)C1C(=O)N2C(C(=O)O)=C(SC3CN(c4nc(CNC(=O)c5ccccc5)co4)C3)[C@H](C)C12. The van der Waals surface area contributed by atoms with Gasteiger partial charge in [-0.1, -0.05) is 25.1 Å². The van der Waals surface area contributed by atoms with Crippen molar-refractivity contribution in [2.24, 2.45) is 11.8 Å². The Morgan fingerprint density at radius 1 is 1.29 bits per heavy atom. The molecule has 0 aliphatic carbocycles. The van der Waals surface area contributed by atoms with E-state index in [1.807, 2.05) is 17.9 Å². The highest BCUT2D eigenvalue weighted by molar-refractivity contribution is 8.03. The zero-order chi connectivity index (χ0) is 24.9. The van der Waals surface area contributed by atoms with Crippen molar-refractivity contribution in [3.8, 4) is 0 Å². The van der Waals surface area contributed by atoms with Crippen LogP contribution in [0.4, 0.5) is 6.01 Å². The van der Waals surface area contributed by atoms with E-state index < -0.39 is 18.0 Å². The van der Waals surface area contributed by atoms with Gasteiger partial charge in [0.2, 0.25) is 5.91 Å². The Morgan fingerprint density at radius 2 is 2.00 bits per heavy atom. The van der Waals surface area contributed by atoms with Gasteiger partial charge in [-0.15, -0.1) is 11.8 Å². The fourth-order valence-electron chi connectivity index (χ4n) is 4.91. The van der Waals surface area contributed by atoms with Crippen molar-refractivity contribution < 1.29 is 29.0 Å². The lowest BCUT2D eigenvalue weighted by atomic mass is 9.79. The molecule has 11 heteroatoms. The van der Waals surface area contributed by atoms with E-state index in [2.05, 4.69) is 10.3 Å². The molecule has 0 spiro atoms. The average molecular weight is 499 g/mol. The topological polar surface area (TPSA) is 136 Å². The van der Waals surface area contributed by atoms with Crippen LogP contribution in [0, 0.1) is 11.8 Å². The Bertz CT molecular complexity index is 1190. The van der Waals surface area contributed by atoms with E-state index >= 15 is 0 Å². The molecule has 0 radical (unpaired) electrons. The highest BCUT2D eigenvalue weighted by Gasteiger charge is 2.60. The number of aliphatic hydroxyl groups excluding tert-OH is 1. The third-order valence-corrected chi connectivity index (χ3v) is 8.18. The monoisotopic (exact) mass is 498 g/mol. The van der Waals surface area contributed by atoms with Crippen LogP contribution in [-0.4, -0.2) is 68.4 Å². The summed E-state index contributed by atoms with van der Waals surface area (Å²) >= 11 is 1.47. The maximum absolute atomic E-state index is 12.5. The lowest BCUT2D eigenvalue weighted by Gasteiger charge is -2.46. The van der Waals surface area contributed by atoms with E-state index in [-0.39, 0.29) is 41.3 Å². The molecule has 2 fully saturated rings. The summed E-state index contributed by atoms with van der Waals surface area (Å²) in [6.07, 6.45) is 0.694. The minimum atomic E-state index is -1.12. The zero-order valence-electron chi connectivity index (χ0n) is 19.2. The number of hydrogen-bond donors (Lipinski definition) is 3. The molecule has 4 atom stereocenters. The van der Waals surface area contributed by atoms with Crippen LogP contribution in [0.3, 0.4) is 0 Å². The Kier molecular flexibility index (Phi) is 6.06. The summed E-state index contributed by atoms with van der Waals surface area (Å²) in [5, 5.41) is 22.7. The smallest absolute Gasteiger partial charge is 0.353 e. The number of rotatable bonds is 8. The second kappa shape index (κ2) is 9.04. The first-order valence-corrected chi connectivity index (χ1v) is 12.3. The molecule has 3 aliphatic heterocycles. The number of aliphatic carboxylic acids is 1. The number of oxazole rings is 1. The van der Waals surface area contributed by atoms with Gasteiger partial charge in [-0.25, -0.2) is 4.79 Å². The number of aliphatic hydroxyl groups is 1. The van der Waals surface area contributed by atoms with Crippen LogP contribution in [0.25, 0.3) is 0 Å². The second-order valence-electron chi connectivity index (χ2n) is 9.09. The van der Waals surface area contributed by atoms with Gasteiger partial charge in [0.05, 0.1) is 24.6 Å². The fraction of sp³-hybridized carbons (Fsp3) is 0.417. The van der Waals surface area contributed by atoms with Gasteiger partial charge in [-0.3, -0.25) is 9.59 Å². The molecule has 0 saturated carbocycles. The number of benzene rings is 1. The Labute approximate surface area is 206 Å². The molecule has 2 amide bonds. The first-order chi connectivity index (χ1) is 16.8. The van der Waals surface area contributed by atoms with Gasteiger partial charge in [-0.05, 0) is 19.1 Å².